The molecule has 2 aromatic rings. The zero-order valence-electron chi connectivity index (χ0n) is 16.8. The van der Waals surface area contributed by atoms with Gasteiger partial charge in [-0.25, -0.2) is 4.98 Å². The van der Waals surface area contributed by atoms with E-state index >= 15 is 0 Å². The Hall–Kier alpha value is -1.77. The van der Waals surface area contributed by atoms with Crippen molar-refractivity contribution in [2.75, 3.05) is 45.8 Å². The van der Waals surface area contributed by atoms with Crippen LogP contribution in [0.3, 0.4) is 0 Å². The fraction of sp³-hybridized carbons (Fsp3) is 0.650. The summed E-state index contributed by atoms with van der Waals surface area (Å²) in [6.45, 7) is 12.1. The van der Waals surface area contributed by atoms with Crippen LogP contribution in [0.4, 0.5) is 0 Å². The van der Waals surface area contributed by atoms with Crippen LogP contribution in [-0.2, 0) is 13.0 Å². The van der Waals surface area contributed by atoms with Gasteiger partial charge in [0.05, 0.1) is 10.3 Å². The Morgan fingerprint density at radius 3 is 2.68 bits per heavy atom. The topological polar surface area (TPSA) is 70.5 Å². The van der Waals surface area contributed by atoms with E-state index in [1.807, 2.05) is 6.92 Å². The number of fused-ring (bicyclic) bond motifs is 2. The molecule has 1 N–H and O–H groups in total. The number of likely N-dealkylation sites (N-methyl/N-ethyl adjacent to an activating group) is 1. The number of carbonyl (C=O) groups is 1. The smallest absolute Gasteiger partial charge is 0.262 e. The van der Waals surface area contributed by atoms with Gasteiger partial charge in [-0.15, -0.1) is 11.3 Å². The summed E-state index contributed by atoms with van der Waals surface area (Å²) in [5.41, 5.74) is 0.782. The first kappa shape index (κ1) is 19.5. The number of piperazine rings is 1. The number of hydrogen-bond donors (Lipinski definition) is 1. The number of aromatic nitrogens is 2. The van der Waals surface area contributed by atoms with Crippen LogP contribution in [-0.4, -0.2) is 71.1 Å². The largest absolute Gasteiger partial charge is 0.351 e. The minimum Gasteiger partial charge on any atom is -0.351 e. The van der Waals surface area contributed by atoms with Crippen LogP contribution in [0.15, 0.2) is 4.79 Å². The zero-order chi connectivity index (χ0) is 19.7. The number of aryl methyl sites for hydroxylation is 2. The summed E-state index contributed by atoms with van der Waals surface area (Å²) < 4.78 is 1.77. The summed E-state index contributed by atoms with van der Waals surface area (Å²) >= 11 is 1.35. The molecular formula is C20H29N5O2S. The summed E-state index contributed by atoms with van der Waals surface area (Å²) in [5.74, 6) is 0.773. The SMILES string of the molecule is CCN1CCN(CCCNC(=O)c2sc3nc4n(c(=O)c3c2C)CCC4)CC1. The Kier molecular flexibility index (Phi) is 5.80. The lowest BCUT2D eigenvalue weighted by atomic mass is 10.2. The van der Waals surface area contributed by atoms with Crippen molar-refractivity contribution in [3.05, 3.63) is 26.6 Å². The van der Waals surface area contributed by atoms with Gasteiger partial charge < -0.3 is 15.1 Å². The van der Waals surface area contributed by atoms with Gasteiger partial charge in [0, 0.05) is 45.7 Å². The Balaban J connectivity index is 1.35. The average molecular weight is 404 g/mol. The predicted molar refractivity (Wildman–Crippen MR) is 112 cm³/mol. The molecule has 0 atom stereocenters. The van der Waals surface area contributed by atoms with Crippen molar-refractivity contribution in [3.63, 3.8) is 0 Å². The van der Waals surface area contributed by atoms with Gasteiger partial charge >= 0.3 is 0 Å². The van der Waals surface area contributed by atoms with Crippen molar-refractivity contribution in [2.45, 2.75) is 39.7 Å². The highest BCUT2D eigenvalue weighted by atomic mass is 32.1. The van der Waals surface area contributed by atoms with Crippen molar-refractivity contribution in [3.8, 4) is 0 Å². The van der Waals surface area contributed by atoms with Gasteiger partial charge in [-0.05, 0) is 38.4 Å². The van der Waals surface area contributed by atoms with Crippen LogP contribution in [0.1, 0.15) is 40.8 Å². The molecule has 2 aliphatic heterocycles. The second kappa shape index (κ2) is 8.31. The number of rotatable bonds is 6. The van der Waals surface area contributed by atoms with E-state index in [1.165, 1.54) is 11.3 Å². The molecule has 0 spiro atoms. The molecule has 1 amide bonds. The van der Waals surface area contributed by atoms with Gasteiger partial charge in [-0.1, -0.05) is 6.92 Å². The van der Waals surface area contributed by atoms with Crippen LogP contribution in [0.2, 0.25) is 0 Å². The molecular weight excluding hydrogens is 374 g/mol. The van der Waals surface area contributed by atoms with Gasteiger partial charge in [0.2, 0.25) is 0 Å². The molecule has 2 aromatic heterocycles. The number of thiophene rings is 1. The number of nitrogens with zero attached hydrogens (tertiary/aromatic N) is 4. The highest BCUT2D eigenvalue weighted by Crippen LogP contribution is 2.28. The second-order valence-corrected chi connectivity index (χ2v) is 8.71. The van der Waals surface area contributed by atoms with Crippen molar-refractivity contribution in [2.24, 2.45) is 0 Å². The minimum absolute atomic E-state index is 0.0107. The predicted octanol–water partition coefficient (Wildman–Crippen LogP) is 1.47. The number of hydrogen-bond acceptors (Lipinski definition) is 6. The van der Waals surface area contributed by atoms with E-state index < -0.39 is 0 Å². The van der Waals surface area contributed by atoms with Crippen LogP contribution in [0.25, 0.3) is 10.2 Å². The van der Waals surface area contributed by atoms with Gasteiger partial charge in [0.1, 0.15) is 10.7 Å². The van der Waals surface area contributed by atoms with Crippen LogP contribution < -0.4 is 10.9 Å². The third-order valence-corrected chi connectivity index (χ3v) is 7.15. The summed E-state index contributed by atoms with van der Waals surface area (Å²) in [7, 11) is 0. The van der Waals surface area contributed by atoms with Crippen molar-refractivity contribution < 1.29 is 4.79 Å². The zero-order valence-corrected chi connectivity index (χ0v) is 17.6. The van der Waals surface area contributed by atoms with E-state index in [1.54, 1.807) is 4.57 Å². The van der Waals surface area contributed by atoms with E-state index in [0.717, 1.165) is 76.5 Å². The average Bonchev–Trinajstić information content (AvgIpc) is 3.30. The highest BCUT2D eigenvalue weighted by Gasteiger charge is 2.23. The molecule has 0 aliphatic carbocycles. The lowest BCUT2D eigenvalue weighted by Gasteiger charge is -2.33. The lowest BCUT2D eigenvalue weighted by molar-refractivity contribution is 0.0952. The Morgan fingerprint density at radius 1 is 1.18 bits per heavy atom. The highest BCUT2D eigenvalue weighted by molar-refractivity contribution is 7.20. The van der Waals surface area contributed by atoms with Crippen LogP contribution in [0.5, 0.6) is 0 Å². The molecule has 1 saturated heterocycles. The second-order valence-electron chi connectivity index (χ2n) is 7.71. The first-order chi connectivity index (χ1) is 13.6. The molecule has 2 aliphatic rings. The lowest BCUT2D eigenvalue weighted by Crippen LogP contribution is -2.46. The van der Waals surface area contributed by atoms with Crippen molar-refractivity contribution >= 4 is 27.5 Å². The van der Waals surface area contributed by atoms with Gasteiger partial charge in [-0.2, -0.15) is 0 Å². The summed E-state index contributed by atoms with van der Waals surface area (Å²) in [6.07, 6.45) is 2.76. The van der Waals surface area contributed by atoms with E-state index in [9.17, 15) is 9.59 Å². The van der Waals surface area contributed by atoms with E-state index in [2.05, 4.69) is 27.0 Å². The molecule has 8 heteroatoms. The molecule has 0 radical (unpaired) electrons. The standard InChI is InChI=1S/C20H29N5O2S/c1-3-23-10-12-24(13-11-23)8-5-7-21-18(26)17-14(2)16-19(28-17)22-15-6-4-9-25(15)20(16)27/h3-13H2,1-2H3,(H,21,26). The third-order valence-electron chi connectivity index (χ3n) is 5.97. The fourth-order valence-corrected chi connectivity index (χ4v) is 5.31. The quantitative estimate of drug-likeness (QED) is 0.740. The first-order valence-electron chi connectivity index (χ1n) is 10.3. The molecule has 0 unspecified atom stereocenters. The first-order valence-corrected chi connectivity index (χ1v) is 11.2. The van der Waals surface area contributed by atoms with E-state index in [0.29, 0.717) is 21.6 Å². The molecule has 28 heavy (non-hydrogen) atoms. The maximum atomic E-state index is 12.7. The minimum atomic E-state index is -0.0825. The summed E-state index contributed by atoms with van der Waals surface area (Å²) in [6, 6.07) is 0. The van der Waals surface area contributed by atoms with Gasteiger partial charge in [0.25, 0.3) is 11.5 Å². The molecule has 4 rings (SSSR count). The van der Waals surface area contributed by atoms with Crippen LogP contribution in [0, 0.1) is 6.92 Å². The fourth-order valence-electron chi connectivity index (χ4n) is 4.21. The Morgan fingerprint density at radius 2 is 1.93 bits per heavy atom. The molecule has 4 heterocycles. The van der Waals surface area contributed by atoms with Gasteiger partial charge in [0.15, 0.2) is 0 Å². The van der Waals surface area contributed by atoms with E-state index in [4.69, 9.17) is 0 Å². The number of carbonyl (C=O) groups excluding carboxylic acids is 1. The molecule has 1 fully saturated rings. The molecule has 152 valence electrons. The molecule has 0 saturated carbocycles. The Bertz CT molecular complexity index is 927. The van der Waals surface area contributed by atoms with E-state index in [-0.39, 0.29) is 11.5 Å². The maximum absolute atomic E-state index is 12.7. The molecule has 7 nitrogen and oxygen atoms in total. The van der Waals surface area contributed by atoms with Crippen molar-refractivity contribution in [1.29, 1.82) is 0 Å². The molecule has 0 aromatic carbocycles. The normalized spacial score (nSPS) is 17.9. The summed E-state index contributed by atoms with van der Waals surface area (Å²) in [4.78, 5) is 36.3. The monoisotopic (exact) mass is 403 g/mol. The Labute approximate surface area is 169 Å². The summed E-state index contributed by atoms with van der Waals surface area (Å²) in [5, 5.41) is 3.65. The van der Waals surface area contributed by atoms with Crippen molar-refractivity contribution in [1.82, 2.24) is 24.7 Å². The maximum Gasteiger partial charge on any atom is 0.262 e. The number of nitrogens with one attached hydrogen (secondary N) is 1. The van der Waals surface area contributed by atoms with Crippen LogP contribution >= 0.6 is 11.3 Å². The van der Waals surface area contributed by atoms with Gasteiger partial charge in [-0.3, -0.25) is 14.2 Å². The number of amides is 1. The third kappa shape index (κ3) is 3.73. The molecule has 0 bridgehead atoms.